The van der Waals surface area contributed by atoms with Crippen molar-refractivity contribution in [2.45, 2.75) is 32.5 Å². The van der Waals surface area contributed by atoms with Gasteiger partial charge in [0.2, 0.25) is 0 Å². The summed E-state index contributed by atoms with van der Waals surface area (Å²) >= 11 is 0. The van der Waals surface area contributed by atoms with Crippen LogP contribution >= 0.6 is 0 Å². The number of carbonyl (C=O) groups is 1. The second-order valence-corrected chi connectivity index (χ2v) is 5.23. The standard InChI is InChI=1S/C17H19F2NO3/c1-2-5-13(21)10-20-16(22)14-8-11-6-3-4-7-12(11)9-15(14)23-17(18)19/h3-4,6-9,13,17,21H,2,5,10H2,1H3,(H,20,22). The monoisotopic (exact) mass is 323 g/mol. The molecule has 2 N–H and O–H groups in total. The Morgan fingerprint density at radius 1 is 1.26 bits per heavy atom. The zero-order valence-electron chi connectivity index (χ0n) is 12.8. The van der Waals surface area contributed by atoms with Gasteiger partial charge in [0.1, 0.15) is 5.75 Å². The SMILES string of the molecule is CCCC(O)CNC(=O)c1cc2ccccc2cc1OC(F)F. The Hall–Kier alpha value is -2.21. The predicted molar refractivity (Wildman–Crippen MR) is 83.8 cm³/mol. The third-order valence-electron chi connectivity index (χ3n) is 3.43. The quantitative estimate of drug-likeness (QED) is 0.822. The van der Waals surface area contributed by atoms with E-state index in [4.69, 9.17) is 0 Å². The average molecular weight is 323 g/mol. The Bertz CT molecular complexity index is 676. The first-order chi connectivity index (χ1) is 11.0. The van der Waals surface area contributed by atoms with Gasteiger partial charge in [-0.25, -0.2) is 0 Å². The van der Waals surface area contributed by atoms with Crippen molar-refractivity contribution in [1.29, 1.82) is 0 Å². The number of carbonyl (C=O) groups excluding carboxylic acids is 1. The minimum absolute atomic E-state index is 0.0210. The highest BCUT2D eigenvalue weighted by atomic mass is 19.3. The van der Waals surface area contributed by atoms with Crippen molar-refractivity contribution >= 4 is 16.7 Å². The fourth-order valence-corrected chi connectivity index (χ4v) is 2.33. The van der Waals surface area contributed by atoms with Crippen LogP contribution in [0.4, 0.5) is 8.78 Å². The van der Waals surface area contributed by atoms with E-state index in [1.54, 1.807) is 24.3 Å². The second-order valence-electron chi connectivity index (χ2n) is 5.23. The number of nitrogens with one attached hydrogen (secondary N) is 1. The first kappa shape index (κ1) is 17.1. The molecule has 0 aliphatic rings. The summed E-state index contributed by atoms with van der Waals surface area (Å²) in [7, 11) is 0. The molecule has 6 heteroatoms. The molecule has 2 aromatic rings. The van der Waals surface area contributed by atoms with E-state index in [1.165, 1.54) is 12.1 Å². The average Bonchev–Trinajstić information content (AvgIpc) is 2.51. The first-order valence-electron chi connectivity index (χ1n) is 7.45. The fraction of sp³-hybridized carbons (Fsp3) is 0.353. The Labute approximate surface area is 133 Å². The molecule has 2 aromatic carbocycles. The molecule has 1 atom stereocenters. The molecule has 0 fully saturated rings. The molecule has 4 nitrogen and oxygen atoms in total. The van der Waals surface area contributed by atoms with Crippen LogP contribution in [0, 0.1) is 0 Å². The second kappa shape index (κ2) is 7.87. The van der Waals surface area contributed by atoms with Crippen molar-refractivity contribution in [3.8, 4) is 5.75 Å². The van der Waals surface area contributed by atoms with E-state index in [9.17, 15) is 18.7 Å². The van der Waals surface area contributed by atoms with Gasteiger partial charge in [-0.1, -0.05) is 37.6 Å². The summed E-state index contributed by atoms with van der Waals surface area (Å²) in [5, 5.41) is 13.7. The molecule has 124 valence electrons. The highest BCUT2D eigenvalue weighted by Crippen LogP contribution is 2.27. The largest absolute Gasteiger partial charge is 0.434 e. The normalized spacial score (nSPS) is 12.4. The number of aliphatic hydroxyl groups is 1. The van der Waals surface area contributed by atoms with Crippen molar-refractivity contribution in [2.75, 3.05) is 6.54 Å². The van der Waals surface area contributed by atoms with Crippen LogP contribution in [-0.2, 0) is 0 Å². The number of fused-ring (bicyclic) bond motifs is 1. The molecule has 0 aromatic heterocycles. The summed E-state index contributed by atoms with van der Waals surface area (Å²) in [5.41, 5.74) is 0.0210. The maximum atomic E-state index is 12.6. The number of amides is 1. The van der Waals surface area contributed by atoms with E-state index in [0.29, 0.717) is 11.8 Å². The van der Waals surface area contributed by atoms with Gasteiger partial charge in [0.05, 0.1) is 11.7 Å². The number of halogens is 2. The van der Waals surface area contributed by atoms with Crippen molar-refractivity contribution < 1.29 is 23.4 Å². The Morgan fingerprint density at radius 2 is 1.91 bits per heavy atom. The Morgan fingerprint density at radius 3 is 2.52 bits per heavy atom. The highest BCUT2D eigenvalue weighted by molar-refractivity contribution is 6.01. The summed E-state index contributed by atoms with van der Waals surface area (Å²) in [4.78, 5) is 12.3. The maximum absolute atomic E-state index is 12.6. The van der Waals surface area contributed by atoms with Gasteiger partial charge in [0, 0.05) is 6.54 Å². The molecular formula is C17H19F2NO3. The van der Waals surface area contributed by atoms with Crippen LogP contribution in [0.25, 0.3) is 10.8 Å². The molecular weight excluding hydrogens is 304 g/mol. The number of hydrogen-bond donors (Lipinski definition) is 2. The highest BCUT2D eigenvalue weighted by Gasteiger charge is 2.17. The summed E-state index contributed by atoms with van der Waals surface area (Å²) in [6.07, 6.45) is 0.675. The van der Waals surface area contributed by atoms with E-state index in [1.807, 2.05) is 6.92 Å². The van der Waals surface area contributed by atoms with Crippen LogP contribution < -0.4 is 10.1 Å². The van der Waals surface area contributed by atoms with Gasteiger partial charge in [-0.15, -0.1) is 0 Å². The lowest BCUT2D eigenvalue weighted by Gasteiger charge is -2.14. The van der Waals surface area contributed by atoms with E-state index in [-0.39, 0.29) is 17.9 Å². The number of benzene rings is 2. The molecule has 0 aliphatic heterocycles. The van der Waals surface area contributed by atoms with Gasteiger partial charge in [-0.3, -0.25) is 4.79 Å². The lowest BCUT2D eigenvalue weighted by atomic mass is 10.1. The molecule has 0 aliphatic carbocycles. The summed E-state index contributed by atoms with van der Waals surface area (Å²) < 4.78 is 29.6. The molecule has 0 heterocycles. The number of ether oxygens (including phenoxy) is 1. The third kappa shape index (κ3) is 4.63. The molecule has 23 heavy (non-hydrogen) atoms. The van der Waals surface area contributed by atoms with Crippen molar-refractivity contribution in [1.82, 2.24) is 5.32 Å². The van der Waals surface area contributed by atoms with Gasteiger partial charge < -0.3 is 15.2 Å². The van der Waals surface area contributed by atoms with E-state index in [2.05, 4.69) is 10.1 Å². The van der Waals surface area contributed by atoms with Gasteiger partial charge >= 0.3 is 6.61 Å². The van der Waals surface area contributed by atoms with Crippen LogP contribution in [0.3, 0.4) is 0 Å². The number of hydrogen-bond acceptors (Lipinski definition) is 3. The van der Waals surface area contributed by atoms with Crippen LogP contribution in [0.2, 0.25) is 0 Å². The fourth-order valence-electron chi connectivity index (χ4n) is 2.33. The van der Waals surface area contributed by atoms with Gasteiger partial charge in [-0.2, -0.15) is 8.78 Å². The molecule has 0 saturated carbocycles. The molecule has 1 amide bonds. The molecule has 0 spiro atoms. The minimum atomic E-state index is -3.02. The van der Waals surface area contributed by atoms with E-state index < -0.39 is 18.6 Å². The van der Waals surface area contributed by atoms with Crippen molar-refractivity contribution in [3.63, 3.8) is 0 Å². The number of rotatable bonds is 7. The topological polar surface area (TPSA) is 58.6 Å². The lowest BCUT2D eigenvalue weighted by molar-refractivity contribution is -0.0500. The summed E-state index contributed by atoms with van der Waals surface area (Å²) in [5.74, 6) is -0.734. The zero-order chi connectivity index (χ0) is 16.8. The number of aliphatic hydroxyl groups excluding tert-OH is 1. The van der Waals surface area contributed by atoms with Crippen LogP contribution in [0.5, 0.6) is 5.75 Å². The molecule has 0 bridgehead atoms. The third-order valence-corrected chi connectivity index (χ3v) is 3.43. The lowest BCUT2D eigenvalue weighted by Crippen LogP contribution is -2.32. The molecule has 0 radical (unpaired) electrons. The summed E-state index contributed by atoms with van der Waals surface area (Å²) in [6.45, 7) is -1.04. The van der Waals surface area contributed by atoms with Crippen LogP contribution in [-0.4, -0.2) is 30.3 Å². The molecule has 0 saturated heterocycles. The Kier molecular flexibility index (Phi) is 5.87. The Balaban J connectivity index is 2.27. The van der Waals surface area contributed by atoms with Gasteiger partial charge in [0.25, 0.3) is 5.91 Å². The van der Waals surface area contributed by atoms with Crippen LogP contribution in [0.15, 0.2) is 36.4 Å². The minimum Gasteiger partial charge on any atom is -0.434 e. The van der Waals surface area contributed by atoms with E-state index >= 15 is 0 Å². The first-order valence-corrected chi connectivity index (χ1v) is 7.45. The summed E-state index contributed by atoms with van der Waals surface area (Å²) in [6, 6.07) is 10.0. The zero-order valence-corrected chi connectivity index (χ0v) is 12.8. The van der Waals surface area contributed by atoms with Crippen LogP contribution in [0.1, 0.15) is 30.1 Å². The van der Waals surface area contributed by atoms with Crippen molar-refractivity contribution in [2.24, 2.45) is 0 Å². The number of alkyl halides is 2. The maximum Gasteiger partial charge on any atom is 0.387 e. The van der Waals surface area contributed by atoms with E-state index in [0.717, 1.165) is 11.8 Å². The van der Waals surface area contributed by atoms with Gasteiger partial charge in [-0.05, 0) is 29.3 Å². The molecule has 1 unspecified atom stereocenters. The predicted octanol–water partition coefficient (Wildman–Crippen LogP) is 3.33. The smallest absolute Gasteiger partial charge is 0.387 e. The van der Waals surface area contributed by atoms with Crippen molar-refractivity contribution in [3.05, 3.63) is 42.0 Å². The van der Waals surface area contributed by atoms with Gasteiger partial charge in [0.15, 0.2) is 0 Å². The molecule has 2 rings (SSSR count).